The molecule has 2 aromatic rings. The third kappa shape index (κ3) is 3.05. The van der Waals surface area contributed by atoms with Crippen LogP contribution in [0.1, 0.15) is 20.3 Å². The number of carbonyl (C=O) groups is 1. The minimum Gasteiger partial charge on any atom is -0.323 e. The molecule has 0 atom stereocenters. The number of hydrogen-bond acceptors (Lipinski definition) is 4. The zero-order valence-electron chi connectivity index (χ0n) is 11.9. The fourth-order valence-electron chi connectivity index (χ4n) is 1.93. The molecule has 1 aromatic carbocycles. The molecule has 1 amide bonds. The van der Waals surface area contributed by atoms with Gasteiger partial charge in [-0.25, -0.2) is 9.59 Å². The maximum Gasteiger partial charge on any atom is 0.377 e. The monoisotopic (exact) mass is 353 g/mol. The van der Waals surface area contributed by atoms with Crippen LogP contribution < -0.4 is 5.69 Å². The van der Waals surface area contributed by atoms with Crippen LogP contribution in [0.25, 0.3) is 5.69 Å². The van der Waals surface area contributed by atoms with Gasteiger partial charge >= 0.3 is 11.7 Å². The quantitative estimate of drug-likeness (QED) is 0.786. The third-order valence-electron chi connectivity index (χ3n) is 2.99. The second-order valence-corrected chi connectivity index (χ2v) is 5.25. The lowest BCUT2D eigenvalue weighted by molar-refractivity contribution is 0.197. The van der Waals surface area contributed by atoms with Crippen molar-refractivity contribution in [1.29, 1.82) is 0 Å². The van der Waals surface area contributed by atoms with Crippen LogP contribution in [0.2, 0.25) is 0 Å². The fraction of sp³-hybridized carbons (Fsp3) is 0.385. The summed E-state index contributed by atoms with van der Waals surface area (Å²) in [6.07, 6.45) is 0.812. The summed E-state index contributed by atoms with van der Waals surface area (Å²) in [5.74, 6) is 0. The summed E-state index contributed by atoms with van der Waals surface area (Å²) >= 11 is 3.35. The molecule has 8 heteroatoms. The molecule has 21 heavy (non-hydrogen) atoms. The Morgan fingerprint density at radius 1 is 1.29 bits per heavy atom. The van der Waals surface area contributed by atoms with Crippen LogP contribution in [-0.4, -0.2) is 43.8 Å². The van der Waals surface area contributed by atoms with Crippen molar-refractivity contribution in [1.82, 2.24) is 24.7 Å². The van der Waals surface area contributed by atoms with Crippen LogP contribution in [0.15, 0.2) is 33.5 Å². The Labute approximate surface area is 130 Å². The SMILES string of the molecule is CCCN(CC)C(=O)n1nnn(-c2ccccc2Br)c1=O. The Morgan fingerprint density at radius 2 is 2.00 bits per heavy atom. The number of nitrogens with zero attached hydrogens (tertiary/aromatic N) is 5. The number of carbonyl (C=O) groups excluding carboxylic acids is 1. The summed E-state index contributed by atoms with van der Waals surface area (Å²) in [6.45, 7) is 4.91. The lowest BCUT2D eigenvalue weighted by Crippen LogP contribution is -2.41. The van der Waals surface area contributed by atoms with Crippen molar-refractivity contribution in [3.8, 4) is 5.69 Å². The van der Waals surface area contributed by atoms with Crippen LogP contribution in [0.4, 0.5) is 4.79 Å². The van der Waals surface area contributed by atoms with Gasteiger partial charge in [0.1, 0.15) is 0 Å². The predicted molar refractivity (Wildman–Crippen MR) is 81.7 cm³/mol. The summed E-state index contributed by atoms with van der Waals surface area (Å²) in [4.78, 5) is 26.2. The molecule has 112 valence electrons. The van der Waals surface area contributed by atoms with Gasteiger partial charge in [0.2, 0.25) is 0 Å². The van der Waals surface area contributed by atoms with Crippen LogP contribution in [0.5, 0.6) is 0 Å². The topological polar surface area (TPSA) is 73.0 Å². The van der Waals surface area contributed by atoms with Crippen molar-refractivity contribution in [2.45, 2.75) is 20.3 Å². The summed E-state index contributed by atoms with van der Waals surface area (Å²) in [7, 11) is 0. The highest BCUT2D eigenvalue weighted by Gasteiger charge is 2.20. The van der Waals surface area contributed by atoms with Gasteiger partial charge in [-0.15, -0.1) is 4.68 Å². The number of rotatable bonds is 4. The molecule has 0 N–H and O–H groups in total. The molecule has 0 saturated carbocycles. The maximum absolute atomic E-state index is 12.3. The molecule has 0 radical (unpaired) electrons. The largest absolute Gasteiger partial charge is 0.377 e. The van der Waals surface area contributed by atoms with Gasteiger partial charge in [-0.05, 0) is 51.8 Å². The first-order valence-corrected chi connectivity index (χ1v) is 7.48. The number of amides is 1. The van der Waals surface area contributed by atoms with E-state index < -0.39 is 11.7 Å². The van der Waals surface area contributed by atoms with Gasteiger partial charge in [0.05, 0.1) is 5.69 Å². The molecule has 0 aliphatic heterocycles. The maximum atomic E-state index is 12.3. The van der Waals surface area contributed by atoms with Crippen LogP contribution in [0.3, 0.4) is 0 Å². The van der Waals surface area contributed by atoms with Crippen molar-refractivity contribution < 1.29 is 4.79 Å². The second kappa shape index (κ2) is 6.66. The Hall–Kier alpha value is -1.96. The first kappa shape index (κ1) is 15.4. The number of tetrazole rings is 1. The molecule has 1 aromatic heterocycles. The molecule has 7 nitrogen and oxygen atoms in total. The number of hydrogen-bond donors (Lipinski definition) is 0. The summed E-state index contributed by atoms with van der Waals surface area (Å²) < 4.78 is 2.59. The van der Waals surface area contributed by atoms with Crippen molar-refractivity contribution in [2.75, 3.05) is 13.1 Å². The van der Waals surface area contributed by atoms with E-state index in [1.54, 1.807) is 23.1 Å². The molecule has 0 bridgehead atoms. The van der Waals surface area contributed by atoms with E-state index in [0.717, 1.165) is 15.8 Å². The number of benzene rings is 1. The number of para-hydroxylation sites is 1. The van der Waals surface area contributed by atoms with Crippen LogP contribution >= 0.6 is 15.9 Å². The van der Waals surface area contributed by atoms with E-state index in [1.807, 2.05) is 19.9 Å². The first-order valence-electron chi connectivity index (χ1n) is 6.69. The van der Waals surface area contributed by atoms with Gasteiger partial charge in [-0.3, -0.25) is 0 Å². The average Bonchev–Trinajstić information content (AvgIpc) is 2.86. The van der Waals surface area contributed by atoms with Gasteiger partial charge in [0.15, 0.2) is 0 Å². The molecule has 0 unspecified atom stereocenters. The van der Waals surface area contributed by atoms with Crippen molar-refractivity contribution >= 4 is 22.0 Å². The minimum absolute atomic E-state index is 0.456. The van der Waals surface area contributed by atoms with Gasteiger partial charge < -0.3 is 4.90 Å². The highest BCUT2D eigenvalue weighted by atomic mass is 79.9. The Balaban J connectivity index is 2.40. The predicted octanol–water partition coefficient (Wildman–Crippen LogP) is 1.89. The average molecular weight is 354 g/mol. The molecular weight excluding hydrogens is 338 g/mol. The Kier molecular flexibility index (Phi) is 4.89. The minimum atomic E-state index is -0.582. The third-order valence-corrected chi connectivity index (χ3v) is 3.66. The molecule has 0 saturated heterocycles. The smallest absolute Gasteiger partial charge is 0.323 e. The van der Waals surface area contributed by atoms with E-state index in [4.69, 9.17) is 0 Å². The molecule has 0 aliphatic rings. The van der Waals surface area contributed by atoms with Gasteiger partial charge in [-0.1, -0.05) is 19.1 Å². The van der Waals surface area contributed by atoms with Crippen molar-refractivity contribution in [3.05, 3.63) is 39.2 Å². The standard InChI is InChI=1S/C13H16BrN5O2/c1-3-9-17(4-2)12(20)19-13(21)18(15-16-19)11-8-6-5-7-10(11)14/h5-8H,3-4,9H2,1-2H3. The van der Waals surface area contributed by atoms with E-state index in [9.17, 15) is 9.59 Å². The first-order chi connectivity index (χ1) is 10.1. The molecule has 0 aliphatic carbocycles. The van der Waals surface area contributed by atoms with Crippen molar-refractivity contribution in [3.63, 3.8) is 0 Å². The summed E-state index contributed by atoms with van der Waals surface area (Å²) in [5.41, 5.74) is -0.0402. The van der Waals surface area contributed by atoms with Crippen molar-refractivity contribution in [2.24, 2.45) is 0 Å². The van der Waals surface area contributed by atoms with Gasteiger partial charge in [0.25, 0.3) is 0 Å². The molecule has 1 heterocycles. The highest BCUT2D eigenvalue weighted by Crippen LogP contribution is 2.17. The van der Waals surface area contributed by atoms with Crippen LogP contribution in [-0.2, 0) is 0 Å². The number of halogens is 1. The second-order valence-electron chi connectivity index (χ2n) is 4.40. The normalized spacial score (nSPS) is 10.6. The molecular formula is C13H16BrN5O2. The zero-order chi connectivity index (χ0) is 15.4. The van der Waals surface area contributed by atoms with Gasteiger partial charge in [-0.2, -0.15) is 4.68 Å². The van der Waals surface area contributed by atoms with E-state index in [1.165, 1.54) is 0 Å². The van der Waals surface area contributed by atoms with E-state index in [-0.39, 0.29) is 0 Å². The zero-order valence-corrected chi connectivity index (χ0v) is 13.4. The summed E-state index contributed by atoms with van der Waals surface area (Å²) in [6, 6.07) is 6.66. The molecule has 2 rings (SSSR count). The Morgan fingerprint density at radius 3 is 2.62 bits per heavy atom. The van der Waals surface area contributed by atoms with E-state index in [0.29, 0.717) is 23.2 Å². The lowest BCUT2D eigenvalue weighted by Gasteiger charge is -2.18. The molecule has 0 spiro atoms. The molecule has 0 fully saturated rings. The van der Waals surface area contributed by atoms with Gasteiger partial charge in [0, 0.05) is 17.6 Å². The number of aromatic nitrogens is 4. The fourth-order valence-corrected chi connectivity index (χ4v) is 2.39. The highest BCUT2D eigenvalue weighted by molar-refractivity contribution is 9.10. The van der Waals surface area contributed by atoms with E-state index >= 15 is 0 Å². The lowest BCUT2D eigenvalue weighted by atomic mass is 10.3. The summed E-state index contributed by atoms with van der Waals surface area (Å²) in [5, 5.41) is 7.47. The Bertz CT molecular complexity index is 694. The van der Waals surface area contributed by atoms with E-state index in [2.05, 4.69) is 26.4 Å². The van der Waals surface area contributed by atoms with Crippen LogP contribution in [0, 0.1) is 0 Å².